The van der Waals surface area contributed by atoms with Crippen LogP contribution in [0.2, 0.25) is 0 Å². The van der Waals surface area contributed by atoms with Crippen LogP contribution in [0.4, 0.5) is 0 Å². The average molecular weight is 304 g/mol. The molecule has 0 aromatic heterocycles. The maximum atomic E-state index is 9.57. The van der Waals surface area contributed by atoms with Gasteiger partial charge in [-0.1, -0.05) is 6.07 Å². The standard InChI is InChI=1S/C18H28N2O2/c1-12(2)22-18-6-3-13(7-15(18)11-21)8-20-9-16(14-4-5-14)17(19)10-20/h3,6-7,12,14,16-17,21H,4-5,8-11,19H2,1-2H3/t16-,17+/m1/s1. The summed E-state index contributed by atoms with van der Waals surface area (Å²) in [4.78, 5) is 2.45. The van der Waals surface area contributed by atoms with Crippen LogP contribution in [-0.4, -0.2) is 35.2 Å². The van der Waals surface area contributed by atoms with Gasteiger partial charge in [0.1, 0.15) is 5.75 Å². The lowest BCUT2D eigenvalue weighted by atomic mass is 9.99. The molecule has 0 unspecified atom stereocenters. The van der Waals surface area contributed by atoms with Gasteiger partial charge in [-0.25, -0.2) is 0 Å². The van der Waals surface area contributed by atoms with Gasteiger partial charge in [-0.3, -0.25) is 4.90 Å². The SMILES string of the molecule is CC(C)Oc1ccc(CN2C[C@H](C3CC3)[C@@H](N)C2)cc1CO. The molecule has 0 bridgehead atoms. The normalized spacial score (nSPS) is 25.9. The molecule has 1 saturated carbocycles. The molecule has 4 nitrogen and oxygen atoms in total. The second-order valence-corrected chi connectivity index (χ2v) is 7.13. The third kappa shape index (κ3) is 3.62. The van der Waals surface area contributed by atoms with Crippen LogP contribution in [-0.2, 0) is 13.2 Å². The van der Waals surface area contributed by atoms with Gasteiger partial charge in [0, 0.05) is 31.2 Å². The lowest BCUT2D eigenvalue weighted by Crippen LogP contribution is -2.30. The highest BCUT2D eigenvalue weighted by Crippen LogP contribution is 2.41. The molecule has 22 heavy (non-hydrogen) atoms. The molecule has 0 spiro atoms. The molecule has 0 amide bonds. The molecule has 1 aliphatic carbocycles. The smallest absolute Gasteiger partial charge is 0.125 e. The summed E-state index contributed by atoms with van der Waals surface area (Å²) in [6.45, 7) is 7.02. The monoisotopic (exact) mass is 304 g/mol. The first-order valence-corrected chi connectivity index (χ1v) is 8.44. The third-order valence-corrected chi connectivity index (χ3v) is 4.78. The lowest BCUT2D eigenvalue weighted by Gasteiger charge is -2.18. The zero-order valence-electron chi connectivity index (χ0n) is 13.7. The first-order valence-electron chi connectivity index (χ1n) is 8.44. The molecule has 1 aromatic carbocycles. The summed E-state index contributed by atoms with van der Waals surface area (Å²) in [5, 5.41) is 9.57. The Morgan fingerprint density at radius 1 is 1.32 bits per heavy atom. The maximum Gasteiger partial charge on any atom is 0.125 e. The Morgan fingerprint density at radius 3 is 2.73 bits per heavy atom. The minimum atomic E-state index is 0.0140. The molecule has 1 saturated heterocycles. The Labute approximate surface area is 133 Å². The molecule has 4 heteroatoms. The van der Waals surface area contributed by atoms with E-state index in [1.807, 2.05) is 19.9 Å². The molecule has 2 fully saturated rings. The van der Waals surface area contributed by atoms with Crippen molar-refractivity contribution < 1.29 is 9.84 Å². The van der Waals surface area contributed by atoms with Gasteiger partial charge in [0.2, 0.25) is 0 Å². The molecule has 1 heterocycles. The Morgan fingerprint density at radius 2 is 2.09 bits per heavy atom. The molecule has 2 atom stereocenters. The zero-order chi connectivity index (χ0) is 15.7. The predicted molar refractivity (Wildman–Crippen MR) is 87.6 cm³/mol. The fourth-order valence-electron chi connectivity index (χ4n) is 3.58. The van der Waals surface area contributed by atoms with E-state index in [1.54, 1.807) is 0 Å². The summed E-state index contributed by atoms with van der Waals surface area (Å²) in [5.41, 5.74) is 8.39. The molecular weight excluding hydrogens is 276 g/mol. The van der Waals surface area contributed by atoms with Crippen molar-refractivity contribution >= 4 is 0 Å². The highest BCUT2D eigenvalue weighted by Gasteiger charge is 2.40. The van der Waals surface area contributed by atoms with Crippen molar-refractivity contribution in [3.05, 3.63) is 29.3 Å². The average Bonchev–Trinajstić information content (AvgIpc) is 3.24. The third-order valence-electron chi connectivity index (χ3n) is 4.78. The van der Waals surface area contributed by atoms with Crippen molar-refractivity contribution in [1.29, 1.82) is 0 Å². The van der Waals surface area contributed by atoms with E-state index < -0.39 is 0 Å². The summed E-state index contributed by atoms with van der Waals surface area (Å²) in [7, 11) is 0. The number of benzene rings is 1. The van der Waals surface area contributed by atoms with Gasteiger partial charge in [-0.2, -0.15) is 0 Å². The van der Waals surface area contributed by atoms with Crippen molar-refractivity contribution in [3.63, 3.8) is 0 Å². The second kappa shape index (κ2) is 6.57. The van der Waals surface area contributed by atoms with Crippen LogP contribution in [0.25, 0.3) is 0 Å². The first-order chi connectivity index (χ1) is 10.6. The summed E-state index contributed by atoms with van der Waals surface area (Å²) >= 11 is 0. The first kappa shape index (κ1) is 15.8. The fourth-order valence-corrected chi connectivity index (χ4v) is 3.58. The number of aliphatic hydroxyl groups is 1. The molecule has 1 aliphatic heterocycles. The van der Waals surface area contributed by atoms with Crippen molar-refractivity contribution in [1.82, 2.24) is 4.90 Å². The molecule has 3 N–H and O–H groups in total. The Balaban J connectivity index is 1.65. The second-order valence-electron chi connectivity index (χ2n) is 7.13. The summed E-state index contributed by atoms with van der Waals surface area (Å²) in [5.74, 6) is 2.34. The van der Waals surface area contributed by atoms with E-state index in [-0.39, 0.29) is 12.7 Å². The fraction of sp³-hybridized carbons (Fsp3) is 0.667. The number of nitrogens with zero attached hydrogens (tertiary/aromatic N) is 1. The van der Waals surface area contributed by atoms with Crippen molar-refractivity contribution in [2.45, 2.75) is 52.0 Å². The topological polar surface area (TPSA) is 58.7 Å². The lowest BCUT2D eigenvalue weighted by molar-refractivity contribution is 0.225. The van der Waals surface area contributed by atoms with Crippen LogP contribution in [0.15, 0.2) is 18.2 Å². The van der Waals surface area contributed by atoms with E-state index >= 15 is 0 Å². The quantitative estimate of drug-likeness (QED) is 0.845. The molecule has 122 valence electrons. The van der Waals surface area contributed by atoms with Crippen LogP contribution in [0.3, 0.4) is 0 Å². The Hall–Kier alpha value is -1.10. The summed E-state index contributed by atoms with van der Waals surface area (Å²) in [6, 6.07) is 6.48. The van der Waals surface area contributed by atoms with Crippen LogP contribution >= 0.6 is 0 Å². The number of nitrogens with two attached hydrogens (primary N) is 1. The molecule has 2 aliphatic rings. The minimum absolute atomic E-state index is 0.0140. The number of likely N-dealkylation sites (tertiary alicyclic amines) is 1. The molecule has 1 aromatic rings. The summed E-state index contributed by atoms with van der Waals surface area (Å²) < 4.78 is 5.74. The number of rotatable bonds is 6. The number of hydrogen-bond donors (Lipinski definition) is 2. The van der Waals surface area contributed by atoms with Gasteiger partial charge in [0.05, 0.1) is 12.7 Å². The summed E-state index contributed by atoms with van der Waals surface area (Å²) in [6.07, 6.45) is 2.84. The highest BCUT2D eigenvalue weighted by atomic mass is 16.5. The van der Waals surface area contributed by atoms with Gasteiger partial charge >= 0.3 is 0 Å². The van der Waals surface area contributed by atoms with Crippen LogP contribution < -0.4 is 10.5 Å². The minimum Gasteiger partial charge on any atom is -0.491 e. The van der Waals surface area contributed by atoms with E-state index in [0.29, 0.717) is 12.0 Å². The largest absolute Gasteiger partial charge is 0.491 e. The van der Waals surface area contributed by atoms with Crippen molar-refractivity contribution in [3.8, 4) is 5.75 Å². The van der Waals surface area contributed by atoms with Crippen molar-refractivity contribution in [2.75, 3.05) is 13.1 Å². The van der Waals surface area contributed by atoms with Crippen LogP contribution in [0.5, 0.6) is 5.75 Å². The van der Waals surface area contributed by atoms with Gasteiger partial charge in [-0.05, 0) is 56.2 Å². The van der Waals surface area contributed by atoms with E-state index in [4.69, 9.17) is 10.5 Å². The molecular formula is C18H28N2O2. The van der Waals surface area contributed by atoms with E-state index in [1.165, 1.54) is 18.4 Å². The van der Waals surface area contributed by atoms with Gasteiger partial charge in [-0.15, -0.1) is 0 Å². The van der Waals surface area contributed by atoms with Crippen molar-refractivity contribution in [2.24, 2.45) is 17.6 Å². The number of hydrogen-bond acceptors (Lipinski definition) is 4. The number of aliphatic hydroxyl groups excluding tert-OH is 1. The molecule has 0 radical (unpaired) electrons. The van der Waals surface area contributed by atoms with E-state index in [9.17, 15) is 5.11 Å². The van der Waals surface area contributed by atoms with E-state index in [0.717, 1.165) is 36.9 Å². The molecule has 3 rings (SSSR count). The Kier molecular flexibility index (Phi) is 4.71. The van der Waals surface area contributed by atoms with Gasteiger partial charge in [0.15, 0.2) is 0 Å². The number of ether oxygens (including phenoxy) is 1. The maximum absolute atomic E-state index is 9.57. The highest BCUT2D eigenvalue weighted by molar-refractivity contribution is 5.37. The zero-order valence-corrected chi connectivity index (χ0v) is 13.7. The Bertz CT molecular complexity index is 514. The van der Waals surface area contributed by atoms with Gasteiger partial charge in [0.25, 0.3) is 0 Å². The predicted octanol–water partition coefficient (Wildman–Crippen LogP) is 2.14. The van der Waals surface area contributed by atoms with Crippen LogP contribution in [0, 0.1) is 11.8 Å². The van der Waals surface area contributed by atoms with Crippen LogP contribution in [0.1, 0.15) is 37.8 Å². The van der Waals surface area contributed by atoms with Gasteiger partial charge < -0.3 is 15.6 Å². The van der Waals surface area contributed by atoms with E-state index in [2.05, 4.69) is 17.0 Å².